The molecular formula is C30H38F3N3O6S2. The molecule has 2 aliphatic heterocycles. The average molecular weight is 658 g/mol. The number of benzene rings is 1. The second-order valence-electron chi connectivity index (χ2n) is 11.2. The Labute approximate surface area is 258 Å². The maximum atomic E-state index is 12.4. The molecule has 0 aliphatic carbocycles. The Morgan fingerprint density at radius 3 is 2.36 bits per heavy atom. The van der Waals surface area contributed by atoms with Crippen LogP contribution in [0, 0.1) is 5.92 Å². The molecule has 44 heavy (non-hydrogen) atoms. The van der Waals surface area contributed by atoms with Gasteiger partial charge in [0.1, 0.15) is 0 Å². The first-order valence-electron chi connectivity index (χ1n) is 14.7. The van der Waals surface area contributed by atoms with Crippen LogP contribution in [0.15, 0.2) is 29.8 Å². The van der Waals surface area contributed by atoms with E-state index in [0.717, 1.165) is 66.0 Å². The van der Waals surface area contributed by atoms with Crippen molar-refractivity contribution >= 4 is 44.1 Å². The lowest BCUT2D eigenvalue weighted by molar-refractivity contribution is -0.192. The maximum Gasteiger partial charge on any atom is 0.490 e. The van der Waals surface area contributed by atoms with Crippen molar-refractivity contribution in [2.75, 3.05) is 32.1 Å². The van der Waals surface area contributed by atoms with E-state index in [1.54, 1.807) is 22.6 Å². The number of hydrogen-bond donors (Lipinski definition) is 3. The fourth-order valence-electron chi connectivity index (χ4n) is 5.84. The van der Waals surface area contributed by atoms with Crippen LogP contribution in [-0.2, 0) is 26.0 Å². The van der Waals surface area contributed by atoms with E-state index in [1.165, 1.54) is 30.6 Å². The van der Waals surface area contributed by atoms with E-state index in [4.69, 9.17) is 20.4 Å². The molecule has 9 nitrogen and oxygen atoms in total. The van der Waals surface area contributed by atoms with E-state index in [0.29, 0.717) is 18.7 Å². The Morgan fingerprint density at radius 2 is 1.77 bits per heavy atom. The van der Waals surface area contributed by atoms with Crippen molar-refractivity contribution in [2.45, 2.75) is 64.0 Å². The van der Waals surface area contributed by atoms with Crippen molar-refractivity contribution in [1.82, 2.24) is 9.29 Å². The standard InChI is InChI=1S/C28H37N3O4S2.C2HF3O2/c1-2-37(33,34)31-10-6-20(7-11-31)26-17-30-27-24(26)15-21(16-25(27)28(29)32)22-14-23(36-18-22)5-3-4-19-8-12-35-13-9-19;3-2(4,5)1(6)7/h14-20,30H,2-13H2,1H3,(H2,29,32);(H,6,7). The van der Waals surface area contributed by atoms with Crippen molar-refractivity contribution in [2.24, 2.45) is 11.7 Å². The topological polar surface area (TPSA) is 143 Å². The highest BCUT2D eigenvalue weighted by molar-refractivity contribution is 7.89. The number of aryl methyl sites for hydroxylation is 1. The predicted molar refractivity (Wildman–Crippen MR) is 163 cm³/mol. The summed E-state index contributed by atoms with van der Waals surface area (Å²) in [5.41, 5.74) is 10.3. The van der Waals surface area contributed by atoms with Crippen molar-refractivity contribution in [1.29, 1.82) is 0 Å². The van der Waals surface area contributed by atoms with Crippen LogP contribution in [0.3, 0.4) is 0 Å². The molecular weight excluding hydrogens is 619 g/mol. The lowest BCUT2D eigenvalue weighted by Crippen LogP contribution is -2.38. The molecule has 0 radical (unpaired) electrons. The number of carbonyl (C=O) groups excluding carboxylic acids is 1. The molecule has 14 heteroatoms. The van der Waals surface area contributed by atoms with E-state index < -0.39 is 28.1 Å². The smallest absolute Gasteiger partial charge is 0.475 e. The molecule has 2 aromatic heterocycles. The number of amides is 1. The number of sulfonamides is 1. The minimum absolute atomic E-state index is 0.133. The molecule has 0 bridgehead atoms. The zero-order valence-corrected chi connectivity index (χ0v) is 26.1. The van der Waals surface area contributed by atoms with Gasteiger partial charge in [-0.2, -0.15) is 13.2 Å². The lowest BCUT2D eigenvalue weighted by Gasteiger charge is -2.31. The van der Waals surface area contributed by atoms with Crippen LogP contribution in [0.4, 0.5) is 13.2 Å². The van der Waals surface area contributed by atoms with Crippen LogP contribution in [0.2, 0.25) is 0 Å². The van der Waals surface area contributed by atoms with Gasteiger partial charge >= 0.3 is 12.1 Å². The van der Waals surface area contributed by atoms with Crippen LogP contribution in [0.1, 0.15) is 72.2 Å². The quantitative estimate of drug-likeness (QED) is 0.261. The number of rotatable bonds is 9. The van der Waals surface area contributed by atoms with E-state index in [1.807, 2.05) is 12.3 Å². The first kappa shape index (κ1) is 33.9. The van der Waals surface area contributed by atoms with Gasteiger partial charge in [-0.15, -0.1) is 11.3 Å². The van der Waals surface area contributed by atoms with Crippen LogP contribution in [0.25, 0.3) is 22.0 Å². The SMILES string of the molecule is CCS(=O)(=O)N1CCC(c2c[nH]c3c(C(N)=O)cc(-c4csc(CCCC5CCOCC5)c4)cc23)CC1.O=C(O)C(F)(F)F. The van der Waals surface area contributed by atoms with E-state index in [2.05, 4.69) is 22.5 Å². The lowest BCUT2D eigenvalue weighted by atomic mass is 9.88. The van der Waals surface area contributed by atoms with Crippen molar-refractivity contribution in [3.8, 4) is 11.1 Å². The first-order chi connectivity index (χ1) is 20.8. The molecule has 3 aromatic rings. The number of nitrogens with two attached hydrogens (primary N) is 1. The van der Waals surface area contributed by atoms with Gasteiger partial charge in [0, 0.05) is 42.8 Å². The fourth-order valence-corrected chi connectivity index (χ4v) is 7.91. The van der Waals surface area contributed by atoms with Gasteiger partial charge in [-0.05, 0) is 104 Å². The third kappa shape index (κ3) is 8.40. The summed E-state index contributed by atoms with van der Waals surface area (Å²) in [4.78, 5) is 25.9. The number of alkyl halides is 3. The van der Waals surface area contributed by atoms with Gasteiger partial charge in [-0.3, -0.25) is 4.79 Å². The number of carboxylic acid groups (broad SMARTS) is 1. The van der Waals surface area contributed by atoms with Gasteiger partial charge in [-0.1, -0.05) is 0 Å². The number of thiophene rings is 1. The number of primary amides is 1. The summed E-state index contributed by atoms with van der Waals surface area (Å²) in [5, 5.41) is 10.3. The molecule has 4 heterocycles. The number of hydrogen-bond acceptors (Lipinski definition) is 6. The molecule has 242 valence electrons. The zero-order valence-electron chi connectivity index (χ0n) is 24.5. The van der Waals surface area contributed by atoms with Crippen molar-refractivity contribution in [3.63, 3.8) is 0 Å². The summed E-state index contributed by atoms with van der Waals surface area (Å²) in [7, 11) is -3.17. The molecule has 5 rings (SSSR count). The summed E-state index contributed by atoms with van der Waals surface area (Å²) in [6.45, 7) is 4.54. The summed E-state index contributed by atoms with van der Waals surface area (Å²) >= 11 is 1.78. The number of carbonyl (C=O) groups is 2. The molecule has 0 spiro atoms. The van der Waals surface area contributed by atoms with Gasteiger partial charge in [0.25, 0.3) is 5.91 Å². The Morgan fingerprint density at radius 1 is 1.11 bits per heavy atom. The monoisotopic (exact) mass is 657 g/mol. The van der Waals surface area contributed by atoms with Gasteiger partial charge in [0.15, 0.2) is 0 Å². The molecule has 0 saturated carbocycles. The summed E-state index contributed by atoms with van der Waals surface area (Å²) < 4.78 is 63.4. The number of H-pyrrole nitrogens is 1. The molecule has 4 N–H and O–H groups in total. The van der Waals surface area contributed by atoms with Crippen LogP contribution in [-0.4, -0.2) is 72.9 Å². The fraction of sp³-hybridized carbons (Fsp3) is 0.533. The molecule has 2 fully saturated rings. The highest BCUT2D eigenvalue weighted by atomic mass is 32.2. The number of ether oxygens (including phenoxy) is 1. The molecule has 2 saturated heterocycles. The first-order valence-corrected chi connectivity index (χ1v) is 17.2. The molecule has 0 unspecified atom stereocenters. The Balaban J connectivity index is 0.000000566. The molecule has 1 aromatic carbocycles. The van der Waals surface area contributed by atoms with Gasteiger partial charge in [0.2, 0.25) is 10.0 Å². The van der Waals surface area contributed by atoms with E-state index >= 15 is 0 Å². The summed E-state index contributed by atoms with van der Waals surface area (Å²) in [6, 6.07) is 6.31. The number of carboxylic acids is 1. The molecule has 1 amide bonds. The zero-order chi connectivity index (χ0) is 32.1. The number of piperidine rings is 1. The van der Waals surface area contributed by atoms with Crippen molar-refractivity contribution in [3.05, 3.63) is 45.8 Å². The Hall–Kier alpha value is -2.94. The number of aliphatic carboxylic acids is 1. The predicted octanol–water partition coefficient (Wildman–Crippen LogP) is 5.91. The number of nitrogens with zero attached hydrogens (tertiary/aromatic N) is 1. The number of halogens is 3. The average Bonchev–Trinajstić information content (AvgIpc) is 3.64. The number of nitrogens with one attached hydrogen (secondary N) is 1. The minimum Gasteiger partial charge on any atom is -0.475 e. The van der Waals surface area contributed by atoms with E-state index in [-0.39, 0.29) is 11.7 Å². The summed E-state index contributed by atoms with van der Waals surface area (Å²) in [5.74, 6) is -2.05. The number of aromatic nitrogens is 1. The third-order valence-corrected chi connectivity index (χ3v) is 11.2. The highest BCUT2D eigenvalue weighted by Crippen LogP contribution is 2.38. The highest BCUT2D eigenvalue weighted by Gasteiger charge is 2.38. The number of fused-ring (bicyclic) bond motifs is 1. The summed E-state index contributed by atoms with van der Waals surface area (Å²) in [6.07, 6.45) is 4.28. The maximum absolute atomic E-state index is 12.4. The van der Waals surface area contributed by atoms with Gasteiger partial charge in [0.05, 0.1) is 16.8 Å². The third-order valence-electron chi connectivity index (χ3n) is 8.34. The number of aromatic amines is 1. The van der Waals surface area contributed by atoms with Gasteiger partial charge < -0.3 is 20.6 Å². The minimum atomic E-state index is -5.08. The van der Waals surface area contributed by atoms with Crippen LogP contribution in [0.5, 0.6) is 0 Å². The largest absolute Gasteiger partial charge is 0.490 e. The second kappa shape index (κ2) is 14.4. The normalized spacial score (nSPS) is 17.4. The van der Waals surface area contributed by atoms with Gasteiger partial charge in [-0.25, -0.2) is 17.5 Å². The second-order valence-corrected chi connectivity index (χ2v) is 14.4. The van der Waals surface area contributed by atoms with Crippen molar-refractivity contribution < 1.29 is 41.0 Å². The van der Waals surface area contributed by atoms with E-state index in [9.17, 15) is 26.4 Å². The Kier molecular flexibility index (Phi) is 11.1. The van der Waals surface area contributed by atoms with Crippen LogP contribution < -0.4 is 5.73 Å². The molecule has 0 atom stereocenters. The molecule has 2 aliphatic rings. The van der Waals surface area contributed by atoms with Crippen LogP contribution >= 0.6 is 11.3 Å². The Bertz CT molecular complexity index is 1550.